The molecule has 1 atom stereocenters. The summed E-state index contributed by atoms with van der Waals surface area (Å²) in [5.41, 5.74) is 3.30. The summed E-state index contributed by atoms with van der Waals surface area (Å²) in [6.45, 7) is 3.75. The molecule has 1 N–H and O–H groups in total. The molecule has 0 radical (unpaired) electrons. The Kier molecular flexibility index (Phi) is 4.35. The topological polar surface area (TPSA) is 34.2 Å². The third kappa shape index (κ3) is 3.08. The summed E-state index contributed by atoms with van der Waals surface area (Å²) in [5.74, 6) is 0.568. The summed E-state index contributed by atoms with van der Waals surface area (Å²) >= 11 is 6.34. The molecule has 1 aliphatic rings. The Morgan fingerprint density at radius 2 is 2.09 bits per heavy atom. The van der Waals surface area contributed by atoms with E-state index in [0.29, 0.717) is 27.9 Å². The van der Waals surface area contributed by atoms with E-state index in [1.54, 1.807) is 19.4 Å². The Morgan fingerprint density at radius 1 is 1.35 bits per heavy atom. The molecule has 0 fully saturated rings. The standard InChI is InChI=1S/C18H16ClFN2O/c1-11-16(20)9-14(12-6-4-3-5-7-12)17(22-11)18-15(19)8-13(23-2)10-21-18/h3-8,10,16,22H,1,9H2,2H3. The molecule has 0 saturated heterocycles. The summed E-state index contributed by atoms with van der Waals surface area (Å²) in [5, 5.41) is 3.47. The molecule has 0 bridgehead atoms. The molecule has 1 unspecified atom stereocenters. The van der Waals surface area contributed by atoms with E-state index in [1.807, 2.05) is 30.3 Å². The first kappa shape index (κ1) is 15.6. The fourth-order valence-electron chi connectivity index (χ4n) is 2.54. The van der Waals surface area contributed by atoms with Gasteiger partial charge >= 0.3 is 0 Å². The van der Waals surface area contributed by atoms with Crippen molar-refractivity contribution in [2.24, 2.45) is 0 Å². The number of nitrogens with zero attached hydrogens (tertiary/aromatic N) is 1. The lowest BCUT2D eigenvalue weighted by Gasteiger charge is -2.27. The monoisotopic (exact) mass is 330 g/mol. The van der Waals surface area contributed by atoms with E-state index in [9.17, 15) is 4.39 Å². The molecule has 118 valence electrons. The van der Waals surface area contributed by atoms with Crippen LogP contribution in [0.15, 0.2) is 54.9 Å². The maximum absolute atomic E-state index is 14.2. The average molecular weight is 331 g/mol. The zero-order valence-corrected chi connectivity index (χ0v) is 13.4. The highest BCUT2D eigenvalue weighted by atomic mass is 35.5. The number of rotatable bonds is 3. The number of halogens is 2. The summed E-state index contributed by atoms with van der Waals surface area (Å²) in [4.78, 5) is 4.37. The lowest BCUT2D eigenvalue weighted by molar-refractivity contribution is 0.374. The normalized spacial score (nSPS) is 17.9. The number of pyridine rings is 1. The minimum absolute atomic E-state index is 0.231. The molecular formula is C18H16ClFN2O. The van der Waals surface area contributed by atoms with Crippen LogP contribution in [0.4, 0.5) is 4.39 Å². The van der Waals surface area contributed by atoms with Gasteiger partial charge in [-0.15, -0.1) is 0 Å². The van der Waals surface area contributed by atoms with Gasteiger partial charge in [0.15, 0.2) is 0 Å². The Morgan fingerprint density at radius 3 is 2.74 bits per heavy atom. The highest BCUT2D eigenvalue weighted by Crippen LogP contribution is 2.37. The first-order valence-corrected chi connectivity index (χ1v) is 7.56. The van der Waals surface area contributed by atoms with Gasteiger partial charge in [0.05, 0.1) is 24.0 Å². The third-order valence-electron chi connectivity index (χ3n) is 3.76. The van der Waals surface area contributed by atoms with Gasteiger partial charge in [0.25, 0.3) is 0 Å². The lowest BCUT2D eigenvalue weighted by atomic mass is 9.92. The molecule has 0 amide bonds. The Hall–Kier alpha value is -2.33. The number of hydrogen-bond donors (Lipinski definition) is 1. The summed E-state index contributed by atoms with van der Waals surface area (Å²) < 4.78 is 19.3. The molecule has 2 heterocycles. The highest BCUT2D eigenvalue weighted by molar-refractivity contribution is 6.32. The van der Waals surface area contributed by atoms with Crippen LogP contribution in [-0.4, -0.2) is 18.3 Å². The second kappa shape index (κ2) is 6.42. The number of nitrogens with one attached hydrogen (secondary N) is 1. The van der Waals surface area contributed by atoms with Gasteiger partial charge in [-0.05, 0) is 11.1 Å². The van der Waals surface area contributed by atoms with Crippen molar-refractivity contribution >= 4 is 22.9 Å². The van der Waals surface area contributed by atoms with Gasteiger partial charge in [-0.2, -0.15) is 0 Å². The van der Waals surface area contributed by atoms with Gasteiger partial charge in [-0.25, -0.2) is 9.37 Å². The maximum atomic E-state index is 14.2. The highest BCUT2D eigenvalue weighted by Gasteiger charge is 2.27. The average Bonchev–Trinajstić information content (AvgIpc) is 2.57. The van der Waals surface area contributed by atoms with Crippen molar-refractivity contribution in [2.45, 2.75) is 12.6 Å². The molecule has 0 spiro atoms. The Balaban J connectivity index is 2.16. The number of aromatic nitrogens is 1. The fourth-order valence-corrected chi connectivity index (χ4v) is 2.79. The van der Waals surface area contributed by atoms with Crippen molar-refractivity contribution in [3.8, 4) is 5.75 Å². The molecule has 3 rings (SSSR count). The minimum Gasteiger partial charge on any atom is -0.495 e. The Labute approximate surface area is 139 Å². The van der Waals surface area contributed by atoms with Gasteiger partial charge in [-0.1, -0.05) is 48.5 Å². The second-order valence-corrected chi connectivity index (χ2v) is 5.65. The van der Waals surface area contributed by atoms with E-state index in [0.717, 1.165) is 11.1 Å². The molecule has 2 aromatic rings. The molecule has 0 saturated carbocycles. The zero-order chi connectivity index (χ0) is 16.4. The van der Waals surface area contributed by atoms with Crippen molar-refractivity contribution in [2.75, 3.05) is 7.11 Å². The minimum atomic E-state index is -1.15. The smallest absolute Gasteiger partial charge is 0.143 e. The van der Waals surface area contributed by atoms with Crippen LogP contribution in [-0.2, 0) is 0 Å². The predicted octanol–water partition coefficient (Wildman–Crippen LogP) is 4.46. The second-order valence-electron chi connectivity index (χ2n) is 5.25. The van der Waals surface area contributed by atoms with Crippen LogP contribution in [0.5, 0.6) is 5.75 Å². The van der Waals surface area contributed by atoms with E-state index in [2.05, 4.69) is 16.9 Å². The molecule has 3 nitrogen and oxygen atoms in total. The molecular weight excluding hydrogens is 315 g/mol. The van der Waals surface area contributed by atoms with Gasteiger partial charge in [0, 0.05) is 18.2 Å². The summed E-state index contributed by atoms with van der Waals surface area (Å²) in [6, 6.07) is 11.3. The number of ether oxygens (including phenoxy) is 1. The lowest BCUT2D eigenvalue weighted by Crippen LogP contribution is -2.26. The first-order valence-electron chi connectivity index (χ1n) is 7.18. The van der Waals surface area contributed by atoms with Crippen LogP contribution >= 0.6 is 11.6 Å². The third-order valence-corrected chi connectivity index (χ3v) is 4.05. The summed E-state index contributed by atoms with van der Waals surface area (Å²) in [6.07, 6.45) is 0.670. The SMILES string of the molecule is C=C1NC(c2ncc(OC)cc2Cl)=C(c2ccccc2)CC1F. The predicted molar refractivity (Wildman–Crippen MR) is 90.8 cm³/mol. The van der Waals surface area contributed by atoms with E-state index in [-0.39, 0.29) is 6.42 Å². The first-order chi connectivity index (χ1) is 11.1. The van der Waals surface area contributed by atoms with Crippen LogP contribution < -0.4 is 10.1 Å². The molecule has 23 heavy (non-hydrogen) atoms. The van der Waals surface area contributed by atoms with Crippen molar-refractivity contribution in [3.05, 3.63) is 71.2 Å². The van der Waals surface area contributed by atoms with E-state index < -0.39 is 6.17 Å². The molecule has 5 heteroatoms. The number of hydrogen-bond acceptors (Lipinski definition) is 3. The molecule has 1 aliphatic heterocycles. The molecule has 0 aliphatic carbocycles. The Bertz CT molecular complexity index is 774. The van der Waals surface area contributed by atoms with Crippen molar-refractivity contribution in [3.63, 3.8) is 0 Å². The van der Waals surface area contributed by atoms with Gasteiger partial charge in [0.1, 0.15) is 17.6 Å². The quantitative estimate of drug-likeness (QED) is 0.902. The number of allylic oxidation sites excluding steroid dienone is 2. The number of methoxy groups -OCH3 is 1. The van der Waals surface area contributed by atoms with Crippen molar-refractivity contribution in [1.29, 1.82) is 0 Å². The number of alkyl halides is 1. The summed E-state index contributed by atoms with van der Waals surface area (Å²) in [7, 11) is 1.55. The van der Waals surface area contributed by atoms with Gasteiger partial charge < -0.3 is 10.1 Å². The fraction of sp³-hybridized carbons (Fsp3) is 0.167. The van der Waals surface area contributed by atoms with Crippen LogP contribution in [0.3, 0.4) is 0 Å². The van der Waals surface area contributed by atoms with Crippen LogP contribution in [0.25, 0.3) is 11.3 Å². The zero-order valence-electron chi connectivity index (χ0n) is 12.6. The van der Waals surface area contributed by atoms with E-state index in [1.165, 1.54) is 0 Å². The van der Waals surface area contributed by atoms with E-state index >= 15 is 0 Å². The van der Waals surface area contributed by atoms with Crippen LogP contribution in [0.1, 0.15) is 17.7 Å². The van der Waals surface area contributed by atoms with Gasteiger partial charge in [-0.3, -0.25) is 0 Å². The largest absolute Gasteiger partial charge is 0.495 e. The van der Waals surface area contributed by atoms with Crippen molar-refractivity contribution < 1.29 is 9.13 Å². The van der Waals surface area contributed by atoms with Crippen LogP contribution in [0, 0.1) is 0 Å². The number of benzene rings is 1. The van der Waals surface area contributed by atoms with Crippen molar-refractivity contribution in [1.82, 2.24) is 10.3 Å². The maximum Gasteiger partial charge on any atom is 0.143 e. The van der Waals surface area contributed by atoms with Crippen LogP contribution in [0.2, 0.25) is 5.02 Å². The van der Waals surface area contributed by atoms with E-state index in [4.69, 9.17) is 16.3 Å². The molecule has 1 aromatic carbocycles. The van der Waals surface area contributed by atoms with Gasteiger partial charge in [0.2, 0.25) is 0 Å². The molecule has 1 aromatic heterocycles.